The largest absolute Gasteiger partial charge is 0.480 e. The number of carbonyl (C=O) groups is 5. The van der Waals surface area contributed by atoms with Crippen molar-refractivity contribution in [2.24, 2.45) is 11.8 Å². The predicted octanol–water partition coefficient (Wildman–Crippen LogP) is 1.20. The highest BCUT2D eigenvalue weighted by atomic mass is 32.1. The molecule has 2 atom stereocenters. The minimum absolute atomic E-state index is 0.0304. The van der Waals surface area contributed by atoms with Crippen molar-refractivity contribution in [3.63, 3.8) is 0 Å². The Hall–Kier alpha value is -2.16. The second-order valence-electron chi connectivity index (χ2n) is 7.15. The first-order chi connectivity index (χ1) is 13.2. The second-order valence-corrected chi connectivity index (χ2v) is 7.51. The first kappa shape index (κ1) is 23.9. The van der Waals surface area contributed by atoms with Crippen molar-refractivity contribution in [2.75, 3.05) is 12.3 Å². The van der Waals surface area contributed by atoms with Crippen LogP contribution in [0.4, 0.5) is 0 Å². The fourth-order valence-corrected chi connectivity index (χ4v) is 3.11. The van der Waals surface area contributed by atoms with Gasteiger partial charge in [-0.3, -0.25) is 24.1 Å². The van der Waals surface area contributed by atoms with Crippen molar-refractivity contribution in [2.45, 2.75) is 52.0 Å². The SMILES string of the molecule is CC(C)[C@H](CC(=O)CCCCCN1C(=O)C=CC1=O)C(=O)N[C@@H](CS)C(=O)O. The third-order valence-electron chi connectivity index (χ3n) is 4.62. The van der Waals surface area contributed by atoms with Crippen LogP contribution in [0.1, 0.15) is 46.0 Å². The van der Waals surface area contributed by atoms with Gasteiger partial charge in [0, 0.05) is 43.2 Å². The number of nitrogens with one attached hydrogen (secondary N) is 1. The molecular formula is C19H28N2O6S. The summed E-state index contributed by atoms with van der Waals surface area (Å²) in [4.78, 5) is 59.6. The van der Waals surface area contributed by atoms with E-state index in [1.54, 1.807) is 0 Å². The summed E-state index contributed by atoms with van der Waals surface area (Å²) < 4.78 is 0. The van der Waals surface area contributed by atoms with Gasteiger partial charge < -0.3 is 10.4 Å². The van der Waals surface area contributed by atoms with Crippen LogP contribution in [-0.2, 0) is 24.0 Å². The number of rotatable bonds is 13. The average Bonchev–Trinajstić information content (AvgIpc) is 2.94. The van der Waals surface area contributed by atoms with Gasteiger partial charge in [-0.15, -0.1) is 0 Å². The molecule has 1 aliphatic rings. The van der Waals surface area contributed by atoms with E-state index in [0.717, 1.165) is 0 Å². The van der Waals surface area contributed by atoms with Gasteiger partial charge in [-0.2, -0.15) is 12.6 Å². The Balaban J connectivity index is 2.37. The molecule has 1 heterocycles. The van der Waals surface area contributed by atoms with Crippen LogP contribution < -0.4 is 5.32 Å². The fraction of sp³-hybridized carbons (Fsp3) is 0.632. The van der Waals surface area contributed by atoms with Gasteiger partial charge in [0.1, 0.15) is 11.8 Å². The average molecular weight is 413 g/mol. The quantitative estimate of drug-likeness (QED) is 0.237. The Morgan fingerprint density at radius 1 is 1.11 bits per heavy atom. The molecule has 3 amide bonds. The van der Waals surface area contributed by atoms with Gasteiger partial charge in [-0.05, 0) is 18.8 Å². The van der Waals surface area contributed by atoms with Crippen molar-refractivity contribution in [3.05, 3.63) is 12.2 Å². The lowest BCUT2D eigenvalue weighted by Gasteiger charge is -2.22. The Morgan fingerprint density at radius 2 is 1.71 bits per heavy atom. The molecule has 0 aromatic rings. The van der Waals surface area contributed by atoms with Gasteiger partial charge >= 0.3 is 5.97 Å². The summed E-state index contributed by atoms with van der Waals surface area (Å²) in [6.45, 7) is 3.95. The predicted molar refractivity (Wildman–Crippen MR) is 106 cm³/mol. The molecule has 28 heavy (non-hydrogen) atoms. The van der Waals surface area contributed by atoms with Crippen LogP contribution >= 0.6 is 12.6 Å². The molecule has 0 aromatic heterocycles. The number of imide groups is 1. The first-order valence-electron chi connectivity index (χ1n) is 9.36. The summed E-state index contributed by atoms with van der Waals surface area (Å²) in [5.41, 5.74) is 0. The summed E-state index contributed by atoms with van der Waals surface area (Å²) in [7, 11) is 0. The smallest absolute Gasteiger partial charge is 0.327 e. The maximum absolute atomic E-state index is 12.3. The van der Waals surface area contributed by atoms with E-state index in [-0.39, 0.29) is 35.7 Å². The maximum atomic E-state index is 12.3. The minimum Gasteiger partial charge on any atom is -0.480 e. The number of nitrogens with zero attached hydrogens (tertiary/aromatic N) is 1. The molecule has 0 bridgehead atoms. The minimum atomic E-state index is -1.16. The van der Waals surface area contributed by atoms with E-state index < -0.39 is 23.8 Å². The Morgan fingerprint density at radius 3 is 2.21 bits per heavy atom. The third-order valence-corrected chi connectivity index (χ3v) is 4.99. The summed E-state index contributed by atoms with van der Waals surface area (Å²) in [6, 6.07) is -1.09. The van der Waals surface area contributed by atoms with Crippen LogP contribution in [0.5, 0.6) is 0 Å². The highest BCUT2D eigenvalue weighted by Crippen LogP contribution is 2.18. The maximum Gasteiger partial charge on any atom is 0.327 e. The molecule has 1 rings (SSSR count). The zero-order chi connectivity index (χ0) is 21.3. The van der Waals surface area contributed by atoms with Crippen molar-refractivity contribution >= 4 is 42.1 Å². The fourth-order valence-electron chi connectivity index (χ4n) is 2.86. The van der Waals surface area contributed by atoms with E-state index in [1.807, 2.05) is 13.8 Å². The van der Waals surface area contributed by atoms with E-state index in [2.05, 4.69) is 17.9 Å². The number of thiol groups is 1. The Bertz CT molecular complexity index is 628. The lowest BCUT2D eigenvalue weighted by Crippen LogP contribution is -2.46. The normalized spacial score (nSPS) is 15.8. The highest BCUT2D eigenvalue weighted by molar-refractivity contribution is 7.80. The van der Waals surface area contributed by atoms with Crippen molar-refractivity contribution in [3.8, 4) is 0 Å². The molecule has 0 radical (unpaired) electrons. The molecule has 1 aliphatic heterocycles. The van der Waals surface area contributed by atoms with Crippen LogP contribution in [0.15, 0.2) is 12.2 Å². The van der Waals surface area contributed by atoms with E-state index in [1.165, 1.54) is 17.1 Å². The standard InChI is InChI=1S/C19H28N2O6S/c1-12(2)14(18(25)20-15(11-28)19(26)27)10-13(22)6-4-3-5-9-21-16(23)7-8-17(21)24/h7-8,12,14-15,28H,3-6,9-11H2,1-2H3,(H,20,25)(H,26,27)/t14-,15-/m0/s1. The van der Waals surface area contributed by atoms with Crippen LogP contribution in [-0.4, -0.2) is 57.8 Å². The monoisotopic (exact) mass is 412 g/mol. The first-order valence-corrected chi connectivity index (χ1v) is 9.99. The van der Waals surface area contributed by atoms with Crippen molar-refractivity contribution < 1.29 is 29.1 Å². The van der Waals surface area contributed by atoms with Crippen molar-refractivity contribution in [1.82, 2.24) is 10.2 Å². The summed E-state index contributed by atoms with van der Waals surface area (Å²) >= 11 is 3.92. The van der Waals surface area contributed by atoms with Crippen LogP contribution in [0, 0.1) is 11.8 Å². The number of carboxylic acids is 1. The number of Topliss-reactive ketones (excluding diaryl/α,β-unsaturated/α-hetero) is 1. The molecule has 0 spiro atoms. The molecule has 9 heteroatoms. The Labute approximate surface area is 170 Å². The Kier molecular flexibility index (Phi) is 9.92. The van der Waals surface area contributed by atoms with Crippen molar-refractivity contribution in [1.29, 1.82) is 0 Å². The summed E-state index contributed by atoms with van der Waals surface area (Å²) in [5, 5.41) is 11.4. The molecule has 0 aliphatic carbocycles. The lowest BCUT2D eigenvalue weighted by atomic mass is 9.88. The van der Waals surface area contributed by atoms with E-state index in [0.29, 0.717) is 32.2 Å². The zero-order valence-electron chi connectivity index (χ0n) is 16.2. The highest BCUT2D eigenvalue weighted by Gasteiger charge is 2.28. The number of unbranched alkanes of at least 4 members (excludes halogenated alkanes) is 2. The van der Waals surface area contributed by atoms with Gasteiger partial charge in [0.05, 0.1) is 0 Å². The van der Waals surface area contributed by atoms with E-state index >= 15 is 0 Å². The van der Waals surface area contributed by atoms with Gasteiger partial charge in [0.2, 0.25) is 5.91 Å². The van der Waals surface area contributed by atoms with E-state index in [4.69, 9.17) is 5.11 Å². The van der Waals surface area contributed by atoms with Crippen LogP contribution in [0.25, 0.3) is 0 Å². The number of amides is 3. The van der Waals surface area contributed by atoms with Gasteiger partial charge in [0.15, 0.2) is 0 Å². The number of hydrogen-bond donors (Lipinski definition) is 3. The molecule has 156 valence electrons. The number of carbonyl (C=O) groups excluding carboxylic acids is 4. The van der Waals surface area contributed by atoms with Crippen LogP contribution in [0.2, 0.25) is 0 Å². The zero-order valence-corrected chi connectivity index (χ0v) is 17.1. The van der Waals surface area contributed by atoms with Gasteiger partial charge in [-0.25, -0.2) is 4.79 Å². The summed E-state index contributed by atoms with van der Waals surface area (Å²) in [6.07, 6.45) is 4.73. The lowest BCUT2D eigenvalue weighted by molar-refractivity contribution is -0.142. The van der Waals surface area contributed by atoms with Gasteiger partial charge in [0.25, 0.3) is 11.8 Å². The molecule has 0 saturated heterocycles. The molecular weight excluding hydrogens is 384 g/mol. The number of hydrogen-bond acceptors (Lipinski definition) is 6. The molecule has 0 fully saturated rings. The van der Waals surface area contributed by atoms with Gasteiger partial charge in [-0.1, -0.05) is 20.3 Å². The second kappa shape index (κ2) is 11.6. The molecule has 8 nitrogen and oxygen atoms in total. The third kappa shape index (κ3) is 7.46. The number of ketones is 1. The number of carboxylic acid groups (broad SMARTS) is 1. The van der Waals surface area contributed by atoms with E-state index in [9.17, 15) is 24.0 Å². The van der Waals surface area contributed by atoms with Crippen LogP contribution in [0.3, 0.4) is 0 Å². The summed E-state index contributed by atoms with van der Waals surface area (Å²) in [5.74, 6) is -3.05. The topological polar surface area (TPSA) is 121 Å². The number of aliphatic carboxylic acids is 1. The molecule has 0 saturated carbocycles. The molecule has 0 aromatic carbocycles. The molecule has 0 unspecified atom stereocenters. The molecule has 2 N–H and O–H groups in total.